The summed E-state index contributed by atoms with van der Waals surface area (Å²) in [6, 6.07) is 12.3. The van der Waals surface area contributed by atoms with Crippen molar-refractivity contribution in [3.63, 3.8) is 0 Å². The van der Waals surface area contributed by atoms with Gasteiger partial charge in [0.05, 0.1) is 12.7 Å². The lowest BCUT2D eigenvalue weighted by atomic mass is 10.2. The molecule has 0 saturated carbocycles. The van der Waals surface area contributed by atoms with Crippen LogP contribution < -0.4 is 15.2 Å². The smallest absolute Gasteiger partial charge is 0.254 e. The van der Waals surface area contributed by atoms with Crippen LogP contribution in [0.4, 0.5) is 0 Å². The van der Waals surface area contributed by atoms with Gasteiger partial charge in [0.15, 0.2) is 6.61 Å². The number of ether oxygens (including phenoxy) is 2. The maximum Gasteiger partial charge on any atom is 0.254 e. The highest BCUT2D eigenvalue weighted by molar-refractivity contribution is 9.10. The predicted molar refractivity (Wildman–Crippen MR) is 93.3 cm³/mol. The highest BCUT2D eigenvalue weighted by Crippen LogP contribution is 2.25. The average Bonchev–Trinajstić information content (AvgIpc) is 3.09. The predicted octanol–water partition coefficient (Wildman–Crippen LogP) is 3.19. The maximum absolute atomic E-state index is 11.5. The topological polar surface area (TPSA) is 100 Å². The lowest BCUT2D eigenvalue weighted by Gasteiger charge is -2.09. The van der Waals surface area contributed by atoms with Gasteiger partial charge in [-0.05, 0) is 42.5 Å². The van der Waals surface area contributed by atoms with Gasteiger partial charge in [0.2, 0.25) is 5.89 Å². The Balaban J connectivity index is 1.74. The molecule has 0 aliphatic heterocycles. The molecule has 25 heavy (non-hydrogen) atoms. The fourth-order valence-corrected chi connectivity index (χ4v) is 2.38. The fourth-order valence-electron chi connectivity index (χ4n) is 2.12. The molecule has 2 N–H and O–H groups in total. The second kappa shape index (κ2) is 7.35. The number of halogens is 1. The zero-order valence-electron chi connectivity index (χ0n) is 13.2. The molecule has 0 aliphatic rings. The van der Waals surface area contributed by atoms with E-state index in [1.165, 1.54) is 13.2 Å². The minimum atomic E-state index is -0.616. The van der Waals surface area contributed by atoms with Gasteiger partial charge < -0.3 is 19.6 Å². The molecule has 3 aromatic rings. The number of nitrogens with two attached hydrogens (primary N) is 1. The number of primary amides is 1. The molecule has 0 aliphatic carbocycles. The number of methoxy groups -OCH3 is 1. The van der Waals surface area contributed by atoms with Crippen LogP contribution in [0.5, 0.6) is 11.5 Å². The summed E-state index contributed by atoms with van der Waals surface area (Å²) in [6.07, 6.45) is 0. The number of carbonyl (C=O) groups excluding carboxylic acids is 1. The minimum absolute atomic E-state index is 0.0101. The summed E-state index contributed by atoms with van der Waals surface area (Å²) in [7, 11) is 1.50. The number of nitrogens with zero attached hydrogens (tertiary/aromatic N) is 2. The Labute approximate surface area is 151 Å². The molecule has 2 aromatic carbocycles. The molecule has 0 unspecified atom stereocenters. The van der Waals surface area contributed by atoms with Gasteiger partial charge in [0, 0.05) is 10.0 Å². The molecular weight excluding hydrogens is 390 g/mol. The molecule has 1 aromatic heterocycles. The molecule has 128 valence electrons. The Hall–Kier alpha value is -2.87. The highest BCUT2D eigenvalue weighted by atomic mass is 79.9. The minimum Gasteiger partial charge on any atom is -0.497 e. The van der Waals surface area contributed by atoms with Crippen LogP contribution in [0.1, 0.15) is 16.2 Å². The molecule has 1 amide bonds. The molecule has 3 rings (SSSR count). The summed E-state index contributed by atoms with van der Waals surface area (Å²) in [5, 5.41) is 7.93. The van der Waals surface area contributed by atoms with E-state index in [1.54, 1.807) is 12.1 Å². The lowest BCUT2D eigenvalue weighted by molar-refractivity contribution is 0.0995. The zero-order valence-corrected chi connectivity index (χ0v) is 14.8. The summed E-state index contributed by atoms with van der Waals surface area (Å²) >= 11 is 3.37. The van der Waals surface area contributed by atoms with Crippen LogP contribution in [0, 0.1) is 0 Å². The van der Waals surface area contributed by atoms with E-state index in [0.29, 0.717) is 17.4 Å². The summed E-state index contributed by atoms with van der Waals surface area (Å²) in [5.41, 5.74) is 6.38. The number of aromatic nitrogens is 2. The van der Waals surface area contributed by atoms with Crippen molar-refractivity contribution >= 4 is 21.8 Å². The largest absolute Gasteiger partial charge is 0.497 e. The fraction of sp³-hybridized carbons (Fsp3) is 0.118. The molecule has 0 atom stereocenters. The molecule has 0 bridgehead atoms. The first-order valence-corrected chi connectivity index (χ1v) is 8.05. The Morgan fingerprint density at radius 1 is 1.20 bits per heavy atom. The first kappa shape index (κ1) is 17.0. The third kappa shape index (κ3) is 3.97. The van der Waals surface area contributed by atoms with Crippen LogP contribution in [0.3, 0.4) is 0 Å². The van der Waals surface area contributed by atoms with Crippen molar-refractivity contribution in [1.29, 1.82) is 0 Å². The van der Waals surface area contributed by atoms with Gasteiger partial charge in [-0.25, -0.2) is 0 Å². The van der Waals surface area contributed by atoms with Gasteiger partial charge in [0.1, 0.15) is 11.5 Å². The summed E-state index contributed by atoms with van der Waals surface area (Å²) in [6.45, 7) is 0.0101. The Morgan fingerprint density at radius 2 is 1.96 bits per heavy atom. The van der Waals surface area contributed by atoms with Gasteiger partial charge in [-0.2, -0.15) is 0 Å². The number of hydrogen-bond donors (Lipinski definition) is 1. The van der Waals surface area contributed by atoms with E-state index in [4.69, 9.17) is 19.6 Å². The van der Waals surface area contributed by atoms with E-state index in [2.05, 4.69) is 26.1 Å². The van der Waals surface area contributed by atoms with Crippen molar-refractivity contribution in [3.05, 3.63) is 58.4 Å². The van der Waals surface area contributed by atoms with Crippen molar-refractivity contribution in [2.24, 2.45) is 5.73 Å². The maximum atomic E-state index is 11.5. The van der Waals surface area contributed by atoms with Gasteiger partial charge in [0.25, 0.3) is 11.8 Å². The van der Waals surface area contributed by atoms with E-state index in [1.807, 2.05) is 24.3 Å². The van der Waals surface area contributed by atoms with Gasteiger partial charge in [-0.3, -0.25) is 4.79 Å². The molecule has 0 radical (unpaired) electrons. The number of benzene rings is 2. The van der Waals surface area contributed by atoms with Gasteiger partial charge in [-0.1, -0.05) is 15.9 Å². The number of carbonyl (C=O) groups is 1. The lowest BCUT2D eigenvalue weighted by Crippen LogP contribution is -2.13. The molecule has 0 saturated heterocycles. The third-order valence-electron chi connectivity index (χ3n) is 3.36. The number of rotatable bonds is 6. The second-order valence-electron chi connectivity index (χ2n) is 5.02. The number of amides is 1. The van der Waals surface area contributed by atoms with Crippen molar-refractivity contribution in [1.82, 2.24) is 10.2 Å². The monoisotopic (exact) mass is 403 g/mol. The van der Waals surface area contributed by atoms with Crippen LogP contribution in [0.15, 0.2) is 51.4 Å². The van der Waals surface area contributed by atoms with Crippen molar-refractivity contribution in [3.8, 4) is 23.0 Å². The number of hydrogen-bond acceptors (Lipinski definition) is 6. The van der Waals surface area contributed by atoms with Crippen LogP contribution in [0.2, 0.25) is 0 Å². The normalized spacial score (nSPS) is 10.5. The molecule has 7 nitrogen and oxygen atoms in total. The molecular formula is C17H14BrN3O4. The van der Waals surface area contributed by atoms with Crippen molar-refractivity contribution in [2.75, 3.05) is 7.11 Å². The molecule has 8 heteroatoms. The standard InChI is InChI=1S/C17H14BrN3O4/c1-23-12-6-7-14(13(8-12)16(19)22)24-9-15-20-21-17(25-15)10-2-4-11(18)5-3-10/h2-8H,9H2,1H3,(H2,19,22). The Kier molecular flexibility index (Phi) is 4.99. The summed E-state index contributed by atoms with van der Waals surface area (Å²) < 4.78 is 17.2. The van der Waals surface area contributed by atoms with E-state index < -0.39 is 5.91 Å². The summed E-state index contributed by atoms with van der Waals surface area (Å²) in [4.78, 5) is 11.5. The molecule has 0 spiro atoms. The molecule has 1 heterocycles. The first-order chi connectivity index (χ1) is 12.1. The van der Waals surface area contributed by atoms with E-state index in [9.17, 15) is 4.79 Å². The molecule has 0 fully saturated rings. The van der Waals surface area contributed by atoms with Crippen molar-refractivity contribution < 1.29 is 18.7 Å². The van der Waals surface area contributed by atoms with E-state index in [-0.39, 0.29) is 18.1 Å². The highest BCUT2D eigenvalue weighted by Gasteiger charge is 2.14. The van der Waals surface area contributed by atoms with Crippen molar-refractivity contribution in [2.45, 2.75) is 6.61 Å². The zero-order chi connectivity index (χ0) is 17.8. The van der Waals surface area contributed by atoms with Crippen LogP contribution in [-0.4, -0.2) is 23.2 Å². The Bertz CT molecular complexity index is 893. The third-order valence-corrected chi connectivity index (χ3v) is 3.89. The summed E-state index contributed by atoms with van der Waals surface area (Å²) in [5.74, 6) is 0.878. The van der Waals surface area contributed by atoms with E-state index >= 15 is 0 Å². The average molecular weight is 404 g/mol. The SMILES string of the molecule is COc1ccc(OCc2nnc(-c3ccc(Br)cc3)o2)c(C(N)=O)c1. The Morgan fingerprint density at radius 3 is 2.64 bits per heavy atom. The second-order valence-corrected chi connectivity index (χ2v) is 5.94. The van der Waals surface area contributed by atoms with Crippen LogP contribution in [0.25, 0.3) is 11.5 Å². The van der Waals surface area contributed by atoms with Gasteiger partial charge in [-0.15, -0.1) is 10.2 Å². The first-order valence-electron chi connectivity index (χ1n) is 7.26. The quantitative estimate of drug-likeness (QED) is 0.677. The van der Waals surface area contributed by atoms with E-state index in [0.717, 1.165) is 10.0 Å². The van der Waals surface area contributed by atoms with Crippen LogP contribution in [-0.2, 0) is 6.61 Å². The van der Waals surface area contributed by atoms with Crippen LogP contribution >= 0.6 is 15.9 Å². The van der Waals surface area contributed by atoms with Gasteiger partial charge >= 0.3 is 0 Å².